The summed E-state index contributed by atoms with van der Waals surface area (Å²) in [5.74, 6) is -2.05. The van der Waals surface area contributed by atoms with Crippen molar-refractivity contribution in [2.75, 3.05) is 6.61 Å². The van der Waals surface area contributed by atoms with Crippen molar-refractivity contribution in [2.24, 2.45) is 5.92 Å². The highest BCUT2D eigenvalue weighted by molar-refractivity contribution is 5.79. The molecule has 228 valence electrons. The van der Waals surface area contributed by atoms with Crippen molar-refractivity contribution in [3.05, 3.63) is 24.8 Å². The van der Waals surface area contributed by atoms with E-state index in [2.05, 4.69) is 19.6 Å². The maximum atomic E-state index is 11.9. The van der Waals surface area contributed by atoms with Gasteiger partial charge in [0.1, 0.15) is 6.61 Å². The zero-order chi connectivity index (χ0) is 28.7. The quantitative estimate of drug-likeness (QED) is 0.0531. The molecule has 0 amide bonds. The van der Waals surface area contributed by atoms with E-state index >= 15 is 0 Å². The van der Waals surface area contributed by atoms with E-state index in [1.807, 2.05) is 6.08 Å². The lowest BCUT2D eigenvalue weighted by Gasteiger charge is -2.11. The molecular weight excluding hydrogens is 484 g/mol. The normalized spacial score (nSPS) is 12.1. The molecule has 0 aliphatic carbocycles. The molecular formula is C35H64O4. The van der Waals surface area contributed by atoms with Crippen LogP contribution in [-0.2, 0) is 14.3 Å². The van der Waals surface area contributed by atoms with Crippen LogP contribution < -0.4 is 0 Å². The zero-order valence-corrected chi connectivity index (χ0v) is 25.8. The number of hydrogen-bond donors (Lipinski definition) is 1. The van der Waals surface area contributed by atoms with Gasteiger partial charge in [-0.3, -0.25) is 9.59 Å². The number of allylic oxidation sites excluding steroid dienone is 2. The maximum Gasteiger partial charge on any atom is 0.310 e. The Morgan fingerprint density at radius 2 is 1.03 bits per heavy atom. The van der Waals surface area contributed by atoms with Crippen LogP contribution in [0.25, 0.3) is 0 Å². The summed E-state index contributed by atoms with van der Waals surface area (Å²) in [6, 6.07) is 0. The third kappa shape index (κ3) is 29.2. The minimum Gasteiger partial charge on any atom is -0.481 e. The van der Waals surface area contributed by atoms with Crippen molar-refractivity contribution in [3.8, 4) is 0 Å². The fourth-order valence-corrected chi connectivity index (χ4v) is 5.16. The number of carboxylic acids is 1. The Morgan fingerprint density at radius 1 is 0.641 bits per heavy atom. The van der Waals surface area contributed by atoms with Gasteiger partial charge in [0.25, 0.3) is 0 Å². The number of unbranched alkanes of at least 4 members (excludes halogenated alkanes) is 23. The highest BCUT2D eigenvalue weighted by Gasteiger charge is 2.21. The summed E-state index contributed by atoms with van der Waals surface area (Å²) in [4.78, 5) is 22.9. The number of esters is 1. The van der Waals surface area contributed by atoms with Crippen LogP contribution in [0.4, 0.5) is 0 Å². The van der Waals surface area contributed by atoms with Crippen molar-refractivity contribution in [1.29, 1.82) is 0 Å². The third-order valence-corrected chi connectivity index (χ3v) is 7.66. The number of hydrogen-bond acceptors (Lipinski definition) is 3. The van der Waals surface area contributed by atoms with Gasteiger partial charge in [0, 0.05) is 0 Å². The van der Waals surface area contributed by atoms with Crippen molar-refractivity contribution in [1.82, 2.24) is 0 Å². The Morgan fingerprint density at radius 3 is 1.38 bits per heavy atom. The minimum atomic E-state index is -0.973. The van der Waals surface area contributed by atoms with Crippen LogP contribution in [0.2, 0.25) is 0 Å². The van der Waals surface area contributed by atoms with E-state index in [9.17, 15) is 9.59 Å². The Balaban J connectivity index is 3.36. The van der Waals surface area contributed by atoms with Gasteiger partial charge < -0.3 is 9.84 Å². The van der Waals surface area contributed by atoms with E-state index < -0.39 is 17.9 Å². The van der Waals surface area contributed by atoms with Crippen LogP contribution in [0, 0.1) is 5.92 Å². The molecule has 0 spiro atoms. The Labute approximate surface area is 242 Å². The molecule has 1 N–H and O–H groups in total. The van der Waals surface area contributed by atoms with Crippen LogP contribution in [0.15, 0.2) is 24.8 Å². The average molecular weight is 549 g/mol. The lowest BCUT2D eigenvalue weighted by Crippen LogP contribution is -2.20. The fraction of sp³-hybridized carbons (Fsp3) is 0.829. The molecule has 0 aliphatic rings. The smallest absolute Gasteiger partial charge is 0.310 e. The Kier molecular flexibility index (Phi) is 29.7. The van der Waals surface area contributed by atoms with Gasteiger partial charge in [0.05, 0.1) is 12.3 Å². The standard InChI is InChI=1S/C35H64O4/c1-3-5-6-7-8-9-10-11-12-13-14-15-16-17-18-19-20-21-22-23-24-25-26-27-28-29-30-33(32-34(36)37)35(38)39-31-4-2/h4,28-29,33H,2-3,5-27,30-32H2,1H3,(H,36,37)/b29-28+. The van der Waals surface area contributed by atoms with Crippen LogP contribution in [-0.4, -0.2) is 23.7 Å². The molecule has 0 fully saturated rings. The first-order valence-corrected chi connectivity index (χ1v) is 16.8. The van der Waals surface area contributed by atoms with Crippen molar-refractivity contribution >= 4 is 11.9 Å². The SMILES string of the molecule is C=CCOC(=O)C(C/C=C/CCCCCCCCCCCCCCCCCCCCCCCCC)CC(=O)O. The number of rotatable bonds is 31. The summed E-state index contributed by atoms with van der Waals surface area (Å²) in [6.07, 6.45) is 38.9. The van der Waals surface area contributed by atoms with E-state index in [4.69, 9.17) is 9.84 Å². The first kappa shape index (κ1) is 37.4. The summed E-state index contributed by atoms with van der Waals surface area (Å²) in [7, 11) is 0. The van der Waals surface area contributed by atoms with E-state index in [-0.39, 0.29) is 13.0 Å². The minimum absolute atomic E-state index is 0.123. The van der Waals surface area contributed by atoms with Gasteiger partial charge in [-0.05, 0) is 19.3 Å². The van der Waals surface area contributed by atoms with Gasteiger partial charge in [0.2, 0.25) is 0 Å². The fourth-order valence-electron chi connectivity index (χ4n) is 5.16. The van der Waals surface area contributed by atoms with E-state index in [0.29, 0.717) is 6.42 Å². The summed E-state index contributed by atoms with van der Waals surface area (Å²) in [5.41, 5.74) is 0. The molecule has 0 aliphatic heterocycles. The lowest BCUT2D eigenvalue weighted by molar-refractivity contribution is -0.152. The molecule has 39 heavy (non-hydrogen) atoms. The molecule has 0 radical (unpaired) electrons. The monoisotopic (exact) mass is 548 g/mol. The van der Waals surface area contributed by atoms with E-state index in [1.54, 1.807) is 0 Å². The molecule has 0 heterocycles. The molecule has 0 aromatic carbocycles. The molecule has 0 saturated carbocycles. The first-order valence-electron chi connectivity index (χ1n) is 16.8. The predicted octanol–water partition coefficient (Wildman–Crippen LogP) is 11.1. The first-order chi connectivity index (χ1) is 19.1. The van der Waals surface area contributed by atoms with Crippen LogP contribution in [0.5, 0.6) is 0 Å². The molecule has 0 bridgehead atoms. The highest BCUT2D eigenvalue weighted by Crippen LogP contribution is 2.16. The maximum absolute atomic E-state index is 11.9. The third-order valence-electron chi connectivity index (χ3n) is 7.66. The van der Waals surface area contributed by atoms with Crippen molar-refractivity contribution in [3.63, 3.8) is 0 Å². The van der Waals surface area contributed by atoms with Gasteiger partial charge in [-0.25, -0.2) is 0 Å². The van der Waals surface area contributed by atoms with Gasteiger partial charge >= 0.3 is 11.9 Å². The molecule has 0 aromatic heterocycles. The molecule has 1 atom stereocenters. The van der Waals surface area contributed by atoms with Gasteiger partial charge in [-0.2, -0.15) is 0 Å². The summed E-state index contributed by atoms with van der Waals surface area (Å²) in [6.45, 7) is 5.92. The molecule has 4 nitrogen and oxygen atoms in total. The van der Waals surface area contributed by atoms with Gasteiger partial charge in [0.15, 0.2) is 0 Å². The Bertz CT molecular complexity index is 583. The van der Waals surface area contributed by atoms with Crippen LogP contribution >= 0.6 is 0 Å². The Hall–Kier alpha value is -1.58. The number of carboxylic acid groups (broad SMARTS) is 1. The van der Waals surface area contributed by atoms with E-state index in [1.165, 1.54) is 147 Å². The molecule has 0 rings (SSSR count). The largest absolute Gasteiger partial charge is 0.481 e. The number of ether oxygens (including phenoxy) is 1. The topological polar surface area (TPSA) is 63.6 Å². The van der Waals surface area contributed by atoms with Gasteiger partial charge in [-0.15, -0.1) is 0 Å². The second-order valence-corrected chi connectivity index (χ2v) is 11.5. The zero-order valence-electron chi connectivity index (χ0n) is 25.8. The molecule has 0 saturated heterocycles. The second kappa shape index (κ2) is 31.0. The number of carbonyl (C=O) groups excluding carboxylic acids is 1. The second-order valence-electron chi connectivity index (χ2n) is 11.5. The number of aliphatic carboxylic acids is 1. The van der Waals surface area contributed by atoms with Crippen LogP contribution in [0.1, 0.15) is 174 Å². The van der Waals surface area contributed by atoms with Crippen LogP contribution in [0.3, 0.4) is 0 Å². The van der Waals surface area contributed by atoms with Crippen molar-refractivity contribution in [2.45, 2.75) is 174 Å². The van der Waals surface area contributed by atoms with Gasteiger partial charge in [-0.1, -0.05) is 173 Å². The molecule has 0 aromatic rings. The van der Waals surface area contributed by atoms with E-state index in [0.717, 1.165) is 12.8 Å². The lowest BCUT2D eigenvalue weighted by atomic mass is 10.0. The predicted molar refractivity (Wildman–Crippen MR) is 167 cm³/mol. The number of carbonyl (C=O) groups is 2. The highest BCUT2D eigenvalue weighted by atomic mass is 16.5. The summed E-state index contributed by atoms with van der Waals surface area (Å²) < 4.78 is 5.01. The summed E-state index contributed by atoms with van der Waals surface area (Å²) >= 11 is 0. The van der Waals surface area contributed by atoms with Crippen molar-refractivity contribution < 1.29 is 19.4 Å². The summed E-state index contributed by atoms with van der Waals surface area (Å²) in [5, 5.41) is 9.00. The average Bonchev–Trinajstić information content (AvgIpc) is 2.92. The molecule has 1 unspecified atom stereocenters. The molecule has 4 heteroatoms.